The summed E-state index contributed by atoms with van der Waals surface area (Å²) >= 11 is 0. The molecule has 4 N–H and O–H groups in total. The number of urea groups is 1. The SMILES string of the molecule is O=C(C[C@@H]1C[C@H]2c3cc(NC(=O)NC4CCCCC4)ccc3O[C@H]2[C@H](CO)O1)NC1CCCCC1. The van der Waals surface area contributed by atoms with Crippen LogP contribution in [0.2, 0.25) is 0 Å². The molecule has 2 aliphatic carbocycles. The minimum Gasteiger partial charge on any atom is -0.487 e. The second kappa shape index (κ2) is 11.2. The van der Waals surface area contributed by atoms with Gasteiger partial charge in [0, 0.05) is 29.3 Å². The molecular formula is C27H39N3O5. The van der Waals surface area contributed by atoms with Crippen LogP contribution in [-0.2, 0) is 9.53 Å². The van der Waals surface area contributed by atoms with Crippen LogP contribution in [0.15, 0.2) is 18.2 Å². The smallest absolute Gasteiger partial charge is 0.319 e. The van der Waals surface area contributed by atoms with Gasteiger partial charge in [0.2, 0.25) is 5.91 Å². The van der Waals surface area contributed by atoms with E-state index in [9.17, 15) is 14.7 Å². The predicted octanol–water partition coefficient (Wildman–Crippen LogP) is 3.97. The van der Waals surface area contributed by atoms with Crippen molar-refractivity contribution >= 4 is 17.6 Å². The van der Waals surface area contributed by atoms with E-state index < -0.39 is 6.10 Å². The van der Waals surface area contributed by atoms with E-state index in [0.717, 1.165) is 55.5 Å². The molecule has 2 saturated carbocycles. The Kier molecular flexibility index (Phi) is 7.78. The molecule has 3 fully saturated rings. The van der Waals surface area contributed by atoms with Gasteiger partial charge in [-0.2, -0.15) is 0 Å². The number of aliphatic hydroxyl groups excluding tert-OH is 1. The molecule has 0 aromatic heterocycles. The standard InChI is InChI=1S/C27H39N3O5/c31-16-24-26-22(14-20(34-24)15-25(32)28-17-7-3-1-4-8-17)21-13-19(11-12-23(21)35-26)30-27(33)29-18-9-5-2-6-10-18/h11-13,17-18,20,22,24,26,31H,1-10,14-16H2,(H,28,32)(H2,29,30,33)/t20-,22-,24-,26+/m0/s1. The molecule has 8 heteroatoms. The minimum atomic E-state index is -0.486. The van der Waals surface area contributed by atoms with Crippen molar-refractivity contribution in [1.82, 2.24) is 10.6 Å². The summed E-state index contributed by atoms with van der Waals surface area (Å²) in [6.45, 7) is -0.162. The maximum Gasteiger partial charge on any atom is 0.319 e. The molecule has 3 amide bonds. The first-order valence-corrected chi connectivity index (χ1v) is 13.5. The zero-order valence-electron chi connectivity index (χ0n) is 20.5. The highest BCUT2D eigenvalue weighted by atomic mass is 16.6. The molecule has 5 rings (SSSR count). The summed E-state index contributed by atoms with van der Waals surface area (Å²) in [5, 5.41) is 19.2. The second-order valence-electron chi connectivity index (χ2n) is 10.7. The Bertz CT molecular complexity index is 897. The Morgan fingerprint density at radius 2 is 1.63 bits per heavy atom. The maximum absolute atomic E-state index is 12.7. The largest absolute Gasteiger partial charge is 0.487 e. The van der Waals surface area contributed by atoms with E-state index in [1.165, 1.54) is 25.7 Å². The number of hydrogen-bond donors (Lipinski definition) is 4. The molecule has 0 bridgehead atoms. The van der Waals surface area contributed by atoms with E-state index in [1.807, 2.05) is 18.2 Å². The molecule has 2 aliphatic heterocycles. The molecule has 1 aromatic rings. The lowest BCUT2D eigenvalue weighted by molar-refractivity contribution is -0.142. The lowest BCUT2D eigenvalue weighted by atomic mass is 9.84. The number of nitrogens with one attached hydrogen (secondary N) is 3. The summed E-state index contributed by atoms with van der Waals surface area (Å²) in [5.74, 6) is 0.783. The third-order valence-corrected chi connectivity index (χ3v) is 8.08. The zero-order chi connectivity index (χ0) is 24.2. The molecular weight excluding hydrogens is 446 g/mol. The van der Waals surface area contributed by atoms with Crippen molar-refractivity contribution in [2.24, 2.45) is 0 Å². The minimum absolute atomic E-state index is 0.00605. The van der Waals surface area contributed by atoms with Crippen LogP contribution in [0.4, 0.5) is 10.5 Å². The first kappa shape index (κ1) is 24.4. The fourth-order valence-electron chi connectivity index (χ4n) is 6.31. The van der Waals surface area contributed by atoms with Crippen molar-refractivity contribution in [2.45, 2.75) is 113 Å². The van der Waals surface area contributed by atoms with Crippen LogP contribution in [0.1, 0.15) is 88.5 Å². The number of rotatable bonds is 6. The maximum atomic E-state index is 12.7. The van der Waals surface area contributed by atoms with Crippen molar-refractivity contribution in [3.63, 3.8) is 0 Å². The number of amides is 3. The molecule has 35 heavy (non-hydrogen) atoms. The number of anilines is 1. The van der Waals surface area contributed by atoms with Gasteiger partial charge in [0.25, 0.3) is 0 Å². The van der Waals surface area contributed by atoms with Gasteiger partial charge in [-0.1, -0.05) is 38.5 Å². The molecule has 0 unspecified atom stereocenters. The van der Waals surface area contributed by atoms with Gasteiger partial charge in [-0.25, -0.2) is 4.79 Å². The molecule has 192 valence electrons. The number of aliphatic hydroxyl groups is 1. The van der Waals surface area contributed by atoms with Crippen LogP contribution < -0.4 is 20.7 Å². The Labute approximate surface area is 207 Å². The molecule has 0 spiro atoms. The lowest BCUT2D eigenvalue weighted by Gasteiger charge is -2.37. The van der Waals surface area contributed by atoms with E-state index in [0.29, 0.717) is 6.42 Å². The van der Waals surface area contributed by atoms with Crippen molar-refractivity contribution in [3.05, 3.63) is 23.8 Å². The Morgan fingerprint density at radius 1 is 0.943 bits per heavy atom. The van der Waals surface area contributed by atoms with Crippen LogP contribution in [-0.4, -0.2) is 54.0 Å². The number of benzene rings is 1. The van der Waals surface area contributed by atoms with Gasteiger partial charge >= 0.3 is 6.03 Å². The average Bonchev–Trinajstić information content (AvgIpc) is 3.22. The molecule has 4 aliphatic rings. The van der Waals surface area contributed by atoms with Gasteiger partial charge in [-0.3, -0.25) is 4.79 Å². The van der Waals surface area contributed by atoms with Gasteiger partial charge in [0.05, 0.1) is 19.1 Å². The number of ether oxygens (including phenoxy) is 2. The molecule has 1 aromatic carbocycles. The van der Waals surface area contributed by atoms with E-state index in [2.05, 4.69) is 16.0 Å². The third-order valence-electron chi connectivity index (χ3n) is 8.08. The monoisotopic (exact) mass is 485 g/mol. The lowest BCUT2D eigenvalue weighted by Crippen LogP contribution is -2.48. The van der Waals surface area contributed by atoms with Crippen LogP contribution >= 0.6 is 0 Å². The zero-order valence-corrected chi connectivity index (χ0v) is 20.5. The van der Waals surface area contributed by atoms with Gasteiger partial charge in [0.1, 0.15) is 18.0 Å². The second-order valence-corrected chi connectivity index (χ2v) is 10.7. The summed E-state index contributed by atoms with van der Waals surface area (Å²) in [4.78, 5) is 25.3. The topological polar surface area (TPSA) is 109 Å². The Balaban J connectivity index is 1.22. The fourth-order valence-corrected chi connectivity index (χ4v) is 6.31. The molecule has 2 heterocycles. The predicted molar refractivity (Wildman–Crippen MR) is 133 cm³/mol. The quantitative estimate of drug-likeness (QED) is 0.488. The highest BCUT2D eigenvalue weighted by Crippen LogP contribution is 2.47. The van der Waals surface area contributed by atoms with Crippen LogP contribution in [0.5, 0.6) is 5.75 Å². The average molecular weight is 486 g/mol. The molecule has 0 radical (unpaired) electrons. The fraction of sp³-hybridized carbons (Fsp3) is 0.704. The summed E-state index contributed by atoms with van der Waals surface area (Å²) in [6, 6.07) is 6.03. The van der Waals surface area contributed by atoms with E-state index in [4.69, 9.17) is 9.47 Å². The Morgan fingerprint density at radius 3 is 2.31 bits per heavy atom. The van der Waals surface area contributed by atoms with Crippen LogP contribution in [0, 0.1) is 0 Å². The van der Waals surface area contributed by atoms with Crippen LogP contribution in [0.3, 0.4) is 0 Å². The Hall–Kier alpha value is -2.32. The van der Waals surface area contributed by atoms with E-state index in [1.54, 1.807) is 0 Å². The van der Waals surface area contributed by atoms with Gasteiger partial charge in [0.15, 0.2) is 0 Å². The molecule has 4 atom stereocenters. The summed E-state index contributed by atoms with van der Waals surface area (Å²) in [7, 11) is 0. The number of hydrogen-bond acceptors (Lipinski definition) is 5. The molecule has 8 nitrogen and oxygen atoms in total. The summed E-state index contributed by atoms with van der Waals surface area (Å²) in [5.41, 5.74) is 1.73. The highest BCUT2D eigenvalue weighted by Gasteiger charge is 2.46. The van der Waals surface area contributed by atoms with Gasteiger partial charge < -0.3 is 30.5 Å². The van der Waals surface area contributed by atoms with Crippen molar-refractivity contribution in [1.29, 1.82) is 0 Å². The van der Waals surface area contributed by atoms with Gasteiger partial charge in [-0.05, 0) is 50.3 Å². The third kappa shape index (κ3) is 5.92. The molecule has 1 saturated heterocycles. The first-order valence-electron chi connectivity index (χ1n) is 13.5. The van der Waals surface area contributed by atoms with E-state index >= 15 is 0 Å². The van der Waals surface area contributed by atoms with Gasteiger partial charge in [-0.15, -0.1) is 0 Å². The summed E-state index contributed by atoms with van der Waals surface area (Å²) < 4.78 is 12.3. The number of carbonyl (C=O) groups excluding carboxylic acids is 2. The number of carbonyl (C=O) groups is 2. The van der Waals surface area contributed by atoms with Crippen molar-refractivity contribution in [2.75, 3.05) is 11.9 Å². The normalized spacial score (nSPS) is 28.9. The first-order chi connectivity index (χ1) is 17.1. The van der Waals surface area contributed by atoms with Crippen molar-refractivity contribution in [3.8, 4) is 5.75 Å². The van der Waals surface area contributed by atoms with E-state index in [-0.39, 0.29) is 55.2 Å². The highest BCUT2D eigenvalue weighted by molar-refractivity contribution is 5.89. The summed E-state index contributed by atoms with van der Waals surface area (Å²) in [6.07, 6.45) is 11.2. The van der Waals surface area contributed by atoms with Crippen molar-refractivity contribution < 1.29 is 24.2 Å². The van der Waals surface area contributed by atoms with Crippen LogP contribution in [0.25, 0.3) is 0 Å². The number of fused-ring (bicyclic) bond motifs is 3.